The van der Waals surface area contributed by atoms with Crippen molar-refractivity contribution in [1.29, 1.82) is 0 Å². The van der Waals surface area contributed by atoms with Crippen LogP contribution in [0.4, 0.5) is 24.0 Å². The van der Waals surface area contributed by atoms with Crippen molar-refractivity contribution >= 4 is 22.2 Å². The largest absolute Gasteiger partial charge is 0.437 e. The zero-order valence-corrected chi connectivity index (χ0v) is 21.4. The number of ether oxygens (including phenoxy) is 1. The van der Waals surface area contributed by atoms with Crippen LogP contribution in [0.15, 0.2) is 77.4 Å². The van der Waals surface area contributed by atoms with Crippen molar-refractivity contribution in [2.24, 2.45) is 0 Å². The van der Waals surface area contributed by atoms with E-state index in [2.05, 4.69) is 46.2 Å². The molecule has 11 heteroatoms. The van der Waals surface area contributed by atoms with E-state index in [1.54, 1.807) is 36.4 Å². The molecule has 3 heterocycles. The molecule has 0 spiro atoms. The van der Waals surface area contributed by atoms with Crippen molar-refractivity contribution in [3.63, 3.8) is 0 Å². The number of nitrogens with zero attached hydrogens (tertiary/aromatic N) is 4. The summed E-state index contributed by atoms with van der Waals surface area (Å²) in [7, 11) is 0. The Balaban J connectivity index is 1.48. The third kappa shape index (κ3) is 5.37. The molecule has 3 aromatic heterocycles. The van der Waals surface area contributed by atoms with Crippen molar-refractivity contribution in [3.8, 4) is 33.8 Å². The van der Waals surface area contributed by atoms with Gasteiger partial charge in [-0.1, -0.05) is 85.8 Å². The van der Waals surface area contributed by atoms with E-state index >= 15 is 0 Å². The van der Waals surface area contributed by atoms with E-state index in [0.717, 1.165) is 16.9 Å². The van der Waals surface area contributed by atoms with Crippen LogP contribution in [-0.4, -0.2) is 20.1 Å². The van der Waals surface area contributed by atoms with Crippen LogP contribution in [0.25, 0.3) is 22.2 Å². The molecule has 0 bridgehead atoms. The molecule has 194 valence electrons. The molecule has 5 aromatic rings. The standard InChI is InChI=1S/C27H22F3N5O2S/c1-26(2,3)17-12-7-8-14-19(17)36-23-18(13-9-15-31-23)32-25-33-21(27(28,29)30)20(38-25)24-34-22(35-37-24)16-10-5-4-6-11-16/h4-15H,1-3H3,(H,32,33). The molecule has 0 aliphatic rings. The number of rotatable bonds is 6. The Morgan fingerprint density at radius 1 is 0.895 bits per heavy atom. The average Bonchev–Trinajstić information content (AvgIpc) is 3.53. The zero-order chi connectivity index (χ0) is 26.9. The van der Waals surface area contributed by atoms with Crippen LogP contribution in [0, 0.1) is 0 Å². The van der Waals surface area contributed by atoms with E-state index in [4.69, 9.17) is 9.26 Å². The molecule has 0 aliphatic heterocycles. The molecule has 0 fully saturated rings. The van der Waals surface area contributed by atoms with E-state index in [-0.39, 0.29) is 33.0 Å². The first kappa shape index (κ1) is 25.4. The van der Waals surface area contributed by atoms with Gasteiger partial charge in [0, 0.05) is 17.3 Å². The predicted octanol–water partition coefficient (Wildman–Crippen LogP) is 8.11. The highest BCUT2D eigenvalue weighted by molar-refractivity contribution is 7.19. The summed E-state index contributed by atoms with van der Waals surface area (Å²) in [6, 6.07) is 19.7. The zero-order valence-electron chi connectivity index (χ0n) is 20.6. The number of anilines is 2. The number of thiazole rings is 1. The number of halogens is 3. The molecule has 0 saturated heterocycles. The molecule has 7 nitrogen and oxygen atoms in total. The summed E-state index contributed by atoms with van der Waals surface area (Å²) in [6.45, 7) is 6.18. The Bertz CT molecular complexity index is 1560. The lowest BCUT2D eigenvalue weighted by Crippen LogP contribution is -2.12. The van der Waals surface area contributed by atoms with Gasteiger partial charge in [0.25, 0.3) is 5.89 Å². The van der Waals surface area contributed by atoms with Crippen molar-refractivity contribution in [3.05, 3.63) is 84.2 Å². The summed E-state index contributed by atoms with van der Waals surface area (Å²) in [5.74, 6) is 0.691. The van der Waals surface area contributed by atoms with E-state index in [1.807, 2.05) is 30.3 Å². The fourth-order valence-corrected chi connectivity index (χ4v) is 4.61. The minimum Gasteiger partial charge on any atom is -0.437 e. The molecule has 2 aromatic carbocycles. The van der Waals surface area contributed by atoms with E-state index in [1.165, 1.54) is 6.20 Å². The fraction of sp³-hybridized carbons (Fsp3) is 0.185. The minimum atomic E-state index is -4.74. The topological polar surface area (TPSA) is 86.0 Å². The van der Waals surface area contributed by atoms with Gasteiger partial charge in [0.05, 0.1) is 0 Å². The van der Waals surface area contributed by atoms with Gasteiger partial charge in [0.1, 0.15) is 16.3 Å². The lowest BCUT2D eigenvalue weighted by molar-refractivity contribution is -0.140. The monoisotopic (exact) mass is 537 g/mol. The molecule has 0 radical (unpaired) electrons. The molecule has 0 atom stereocenters. The lowest BCUT2D eigenvalue weighted by atomic mass is 9.86. The first-order valence-corrected chi connectivity index (χ1v) is 12.4. The van der Waals surface area contributed by atoms with Gasteiger partial charge in [-0.05, 0) is 23.6 Å². The second-order valence-corrected chi connectivity index (χ2v) is 10.3. The number of aromatic nitrogens is 4. The molecule has 5 rings (SSSR count). The smallest absolute Gasteiger partial charge is 0.435 e. The SMILES string of the molecule is CC(C)(C)c1ccccc1Oc1ncccc1Nc1nc(C(F)(F)F)c(-c2nc(-c3ccccc3)no2)s1. The summed E-state index contributed by atoms with van der Waals surface area (Å²) in [4.78, 5) is 12.0. The second-order valence-electron chi connectivity index (χ2n) is 9.31. The third-order valence-electron chi connectivity index (χ3n) is 5.46. The number of pyridine rings is 1. The summed E-state index contributed by atoms with van der Waals surface area (Å²) in [5.41, 5.74) is 0.594. The summed E-state index contributed by atoms with van der Waals surface area (Å²) >= 11 is 0.743. The molecule has 0 amide bonds. The Morgan fingerprint density at radius 3 is 2.37 bits per heavy atom. The number of nitrogens with one attached hydrogen (secondary N) is 1. The Kier molecular flexibility index (Phi) is 6.62. The van der Waals surface area contributed by atoms with Gasteiger partial charge in [-0.2, -0.15) is 18.2 Å². The summed E-state index contributed by atoms with van der Waals surface area (Å²) in [6.07, 6.45) is -3.20. The second kappa shape index (κ2) is 9.90. The van der Waals surface area contributed by atoms with Crippen LogP contribution in [0.1, 0.15) is 32.0 Å². The molecule has 1 N–H and O–H groups in total. The van der Waals surface area contributed by atoms with Gasteiger partial charge in [-0.15, -0.1) is 0 Å². The molecular weight excluding hydrogens is 515 g/mol. The van der Waals surface area contributed by atoms with Crippen LogP contribution in [-0.2, 0) is 11.6 Å². The van der Waals surface area contributed by atoms with Gasteiger partial charge in [0.2, 0.25) is 11.7 Å². The van der Waals surface area contributed by atoms with E-state index < -0.39 is 11.9 Å². The van der Waals surface area contributed by atoms with Crippen LogP contribution in [0.3, 0.4) is 0 Å². The van der Waals surface area contributed by atoms with Gasteiger partial charge < -0.3 is 14.6 Å². The van der Waals surface area contributed by atoms with Crippen LogP contribution in [0.2, 0.25) is 0 Å². The maximum Gasteiger partial charge on any atom is 0.435 e. The molecule has 0 unspecified atom stereocenters. The number of benzene rings is 2. The normalized spacial score (nSPS) is 11.9. The van der Waals surface area contributed by atoms with Gasteiger partial charge in [0.15, 0.2) is 10.8 Å². The lowest BCUT2D eigenvalue weighted by Gasteiger charge is -2.22. The Morgan fingerprint density at radius 2 is 1.63 bits per heavy atom. The average molecular weight is 538 g/mol. The number of para-hydroxylation sites is 1. The molecular formula is C27H22F3N5O2S. The Labute approximate surface area is 220 Å². The van der Waals surface area contributed by atoms with Gasteiger partial charge in [-0.3, -0.25) is 0 Å². The molecule has 38 heavy (non-hydrogen) atoms. The van der Waals surface area contributed by atoms with E-state index in [0.29, 0.717) is 17.0 Å². The number of alkyl halides is 3. The van der Waals surface area contributed by atoms with Crippen LogP contribution < -0.4 is 10.1 Å². The van der Waals surface area contributed by atoms with Crippen LogP contribution >= 0.6 is 11.3 Å². The maximum atomic E-state index is 13.9. The molecule has 0 saturated carbocycles. The van der Waals surface area contributed by atoms with E-state index in [9.17, 15) is 13.2 Å². The highest BCUT2D eigenvalue weighted by atomic mass is 32.1. The van der Waals surface area contributed by atoms with Gasteiger partial charge in [-0.25, -0.2) is 9.97 Å². The molecule has 0 aliphatic carbocycles. The quantitative estimate of drug-likeness (QED) is 0.234. The van der Waals surface area contributed by atoms with Crippen molar-refractivity contribution in [1.82, 2.24) is 20.1 Å². The first-order chi connectivity index (χ1) is 18.1. The number of hydrogen-bond acceptors (Lipinski definition) is 8. The summed E-state index contributed by atoms with van der Waals surface area (Å²) < 4.78 is 53.1. The van der Waals surface area contributed by atoms with Crippen molar-refractivity contribution in [2.75, 3.05) is 5.32 Å². The van der Waals surface area contributed by atoms with Crippen molar-refractivity contribution in [2.45, 2.75) is 32.4 Å². The maximum absolute atomic E-state index is 13.9. The van der Waals surface area contributed by atoms with Crippen molar-refractivity contribution < 1.29 is 22.4 Å². The predicted molar refractivity (Wildman–Crippen MR) is 139 cm³/mol. The Hall–Kier alpha value is -4.25. The third-order valence-corrected chi connectivity index (χ3v) is 6.42. The minimum absolute atomic E-state index is 0.0336. The fourth-order valence-electron chi connectivity index (χ4n) is 3.69. The summed E-state index contributed by atoms with van der Waals surface area (Å²) in [5, 5.41) is 6.73. The highest BCUT2D eigenvalue weighted by Gasteiger charge is 2.40. The first-order valence-electron chi connectivity index (χ1n) is 11.6. The highest BCUT2D eigenvalue weighted by Crippen LogP contribution is 2.43. The van der Waals surface area contributed by atoms with Gasteiger partial charge >= 0.3 is 6.18 Å². The number of hydrogen-bond donors (Lipinski definition) is 1. The van der Waals surface area contributed by atoms with Crippen LogP contribution in [0.5, 0.6) is 11.6 Å².